The summed E-state index contributed by atoms with van der Waals surface area (Å²) in [4.78, 5) is 0. The first-order chi connectivity index (χ1) is 10.2. The van der Waals surface area contributed by atoms with Gasteiger partial charge in [0.25, 0.3) is 0 Å². The minimum Gasteiger partial charge on any atom is -0.459 e. The van der Waals surface area contributed by atoms with Crippen molar-refractivity contribution in [3.05, 3.63) is 71.2 Å². The molecule has 3 aromatic rings. The van der Waals surface area contributed by atoms with Gasteiger partial charge in [-0.2, -0.15) is 0 Å². The summed E-state index contributed by atoms with van der Waals surface area (Å²) in [6.07, 6.45) is 0.558. The lowest BCUT2D eigenvalue weighted by molar-refractivity contribution is 0.445. The van der Waals surface area contributed by atoms with Crippen LogP contribution in [0.3, 0.4) is 0 Å². The zero-order valence-corrected chi connectivity index (χ0v) is 12.2. The molecule has 108 valence electrons. The summed E-state index contributed by atoms with van der Waals surface area (Å²) in [5.41, 5.74) is 2.75. The highest BCUT2D eigenvalue weighted by molar-refractivity contribution is 5.78. The molecule has 1 N–H and O–H groups in total. The van der Waals surface area contributed by atoms with Gasteiger partial charge < -0.3 is 9.73 Å². The maximum atomic E-state index is 13.8. The van der Waals surface area contributed by atoms with Gasteiger partial charge in [0.2, 0.25) is 0 Å². The fraction of sp³-hybridized carbons (Fsp3) is 0.222. The zero-order valence-electron chi connectivity index (χ0n) is 12.2. The second-order valence-electron chi connectivity index (χ2n) is 5.33. The standard InChI is InChI=1S/C18H18FNO/c1-12-7-8-17-14(9-12)11-18(21-17)16(20-2)10-13-5-3-4-6-15(13)19/h3-9,11,16,20H,10H2,1-2H3. The maximum absolute atomic E-state index is 13.8. The molecule has 3 heteroatoms. The molecule has 2 nitrogen and oxygen atoms in total. The van der Waals surface area contributed by atoms with Gasteiger partial charge in [-0.3, -0.25) is 0 Å². The Morgan fingerprint density at radius 3 is 2.71 bits per heavy atom. The smallest absolute Gasteiger partial charge is 0.134 e. The molecule has 0 aliphatic carbocycles. The fourth-order valence-electron chi connectivity index (χ4n) is 2.58. The van der Waals surface area contributed by atoms with Gasteiger partial charge in [-0.15, -0.1) is 0 Å². The minimum absolute atomic E-state index is 0.0467. The van der Waals surface area contributed by atoms with Crippen LogP contribution in [-0.2, 0) is 6.42 Å². The lowest BCUT2D eigenvalue weighted by atomic mass is 10.0. The Kier molecular flexibility index (Phi) is 3.76. The van der Waals surface area contributed by atoms with Crippen LogP contribution in [0.5, 0.6) is 0 Å². The van der Waals surface area contributed by atoms with Gasteiger partial charge >= 0.3 is 0 Å². The van der Waals surface area contributed by atoms with Crippen LogP contribution in [0, 0.1) is 12.7 Å². The predicted molar refractivity (Wildman–Crippen MR) is 82.9 cm³/mol. The van der Waals surface area contributed by atoms with E-state index in [-0.39, 0.29) is 11.9 Å². The van der Waals surface area contributed by atoms with Crippen molar-refractivity contribution in [1.82, 2.24) is 5.32 Å². The Morgan fingerprint density at radius 1 is 1.14 bits per heavy atom. The van der Waals surface area contributed by atoms with E-state index in [1.807, 2.05) is 37.4 Å². The average Bonchev–Trinajstić information content (AvgIpc) is 2.89. The molecule has 21 heavy (non-hydrogen) atoms. The monoisotopic (exact) mass is 283 g/mol. The van der Waals surface area contributed by atoms with Crippen LogP contribution < -0.4 is 5.32 Å². The summed E-state index contributed by atoms with van der Waals surface area (Å²) in [5, 5.41) is 4.29. The Labute approximate surface area is 123 Å². The van der Waals surface area contributed by atoms with Crippen LogP contribution in [0.15, 0.2) is 52.9 Å². The lowest BCUT2D eigenvalue weighted by Gasteiger charge is -2.14. The number of hydrogen-bond donors (Lipinski definition) is 1. The van der Waals surface area contributed by atoms with E-state index in [4.69, 9.17) is 4.42 Å². The molecule has 1 atom stereocenters. The van der Waals surface area contributed by atoms with Gasteiger partial charge in [0.15, 0.2) is 0 Å². The molecule has 0 saturated heterocycles. The van der Waals surface area contributed by atoms with E-state index in [2.05, 4.69) is 18.3 Å². The molecule has 0 aliphatic rings. The highest BCUT2D eigenvalue weighted by atomic mass is 19.1. The van der Waals surface area contributed by atoms with Crippen molar-refractivity contribution in [3.8, 4) is 0 Å². The summed E-state index contributed by atoms with van der Waals surface area (Å²) < 4.78 is 19.7. The molecule has 0 fully saturated rings. The SMILES string of the molecule is CNC(Cc1ccccc1F)c1cc2cc(C)ccc2o1. The second-order valence-corrected chi connectivity index (χ2v) is 5.33. The molecule has 0 radical (unpaired) electrons. The molecule has 0 saturated carbocycles. The first-order valence-corrected chi connectivity index (χ1v) is 7.08. The number of aryl methyl sites for hydroxylation is 1. The van der Waals surface area contributed by atoms with Crippen LogP contribution in [-0.4, -0.2) is 7.05 Å². The molecule has 0 bridgehead atoms. The van der Waals surface area contributed by atoms with Gasteiger partial charge in [0, 0.05) is 5.39 Å². The maximum Gasteiger partial charge on any atom is 0.134 e. The van der Waals surface area contributed by atoms with Gasteiger partial charge in [0.1, 0.15) is 17.2 Å². The minimum atomic E-state index is -0.176. The van der Waals surface area contributed by atoms with Crippen molar-refractivity contribution in [3.63, 3.8) is 0 Å². The van der Waals surface area contributed by atoms with Crippen molar-refractivity contribution in [1.29, 1.82) is 0 Å². The molecule has 1 aromatic heterocycles. The van der Waals surface area contributed by atoms with Crippen molar-refractivity contribution in [2.24, 2.45) is 0 Å². The number of likely N-dealkylation sites (N-methyl/N-ethyl adjacent to an activating group) is 1. The van der Waals surface area contributed by atoms with Crippen molar-refractivity contribution >= 4 is 11.0 Å². The second kappa shape index (κ2) is 5.70. The summed E-state index contributed by atoms with van der Waals surface area (Å²) >= 11 is 0. The fourth-order valence-corrected chi connectivity index (χ4v) is 2.58. The number of fused-ring (bicyclic) bond motifs is 1. The van der Waals surface area contributed by atoms with Gasteiger partial charge in [-0.1, -0.05) is 29.8 Å². The van der Waals surface area contributed by atoms with Crippen molar-refractivity contribution in [2.45, 2.75) is 19.4 Å². The molecule has 0 aliphatic heterocycles. The third-order valence-corrected chi connectivity index (χ3v) is 3.76. The predicted octanol–water partition coefficient (Wildman–Crippen LogP) is 4.38. The highest BCUT2D eigenvalue weighted by Crippen LogP contribution is 2.27. The number of nitrogens with one attached hydrogen (secondary N) is 1. The Morgan fingerprint density at radius 2 is 1.95 bits per heavy atom. The highest BCUT2D eigenvalue weighted by Gasteiger charge is 2.17. The largest absolute Gasteiger partial charge is 0.459 e. The number of hydrogen-bond acceptors (Lipinski definition) is 2. The lowest BCUT2D eigenvalue weighted by Crippen LogP contribution is -2.18. The molecule has 3 rings (SSSR count). The Bertz CT molecular complexity index is 763. The van der Waals surface area contributed by atoms with Gasteiger partial charge in [-0.05, 0) is 50.2 Å². The summed E-state index contributed by atoms with van der Waals surface area (Å²) in [6, 6.07) is 14.9. The molecule has 2 aromatic carbocycles. The van der Waals surface area contributed by atoms with Crippen molar-refractivity contribution < 1.29 is 8.81 Å². The number of benzene rings is 2. The zero-order chi connectivity index (χ0) is 14.8. The topological polar surface area (TPSA) is 25.2 Å². The van der Waals surface area contributed by atoms with E-state index < -0.39 is 0 Å². The van der Waals surface area contributed by atoms with Crippen LogP contribution in [0.25, 0.3) is 11.0 Å². The third kappa shape index (κ3) is 2.83. The van der Waals surface area contributed by atoms with Crippen LogP contribution in [0.2, 0.25) is 0 Å². The third-order valence-electron chi connectivity index (χ3n) is 3.76. The molecular formula is C18H18FNO. The van der Waals surface area contributed by atoms with E-state index in [0.29, 0.717) is 12.0 Å². The van der Waals surface area contributed by atoms with Gasteiger partial charge in [-0.25, -0.2) is 4.39 Å². The van der Waals surface area contributed by atoms with E-state index >= 15 is 0 Å². The first-order valence-electron chi connectivity index (χ1n) is 7.08. The van der Waals surface area contributed by atoms with E-state index in [1.54, 1.807) is 6.07 Å². The average molecular weight is 283 g/mol. The first kappa shape index (κ1) is 13.8. The normalized spacial score (nSPS) is 12.7. The molecule has 1 unspecified atom stereocenters. The Hall–Kier alpha value is -2.13. The summed E-state index contributed by atoms with van der Waals surface area (Å²) in [6.45, 7) is 2.06. The number of rotatable bonds is 4. The molecule has 1 heterocycles. The summed E-state index contributed by atoms with van der Waals surface area (Å²) in [5.74, 6) is 0.658. The quantitative estimate of drug-likeness (QED) is 0.768. The van der Waals surface area contributed by atoms with Crippen LogP contribution in [0.4, 0.5) is 4.39 Å². The Balaban J connectivity index is 1.93. The number of furan rings is 1. The van der Waals surface area contributed by atoms with E-state index in [9.17, 15) is 4.39 Å². The van der Waals surface area contributed by atoms with Crippen LogP contribution >= 0.6 is 0 Å². The van der Waals surface area contributed by atoms with Crippen molar-refractivity contribution in [2.75, 3.05) is 7.05 Å². The van der Waals surface area contributed by atoms with E-state index in [1.165, 1.54) is 11.6 Å². The number of halogens is 1. The molecule has 0 spiro atoms. The van der Waals surface area contributed by atoms with Gasteiger partial charge in [0.05, 0.1) is 6.04 Å². The molecular weight excluding hydrogens is 265 g/mol. The molecule has 0 amide bonds. The summed E-state index contributed by atoms with van der Waals surface area (Å²) in [7, 11) is 1.87. The van der Waals surface area contributed by atoms with E-state index in [0.717, 1.165) is 16.7 Å². The van der Waals surface area contributed by atoms with Crippen LogP contribution in [0.1, 0.15) is 22.9 Å².